The highest BCUT2D eigenvalue weighted by molar-refractivity contribution is 5.80. The number of esters is 1. The van der Waals surface area contributed by atoms with Gasteiger partial charge in [-0.3, -0.25) is 4.79 Å². The zero-order chi connectivity index (χ0) is 20.9. The fraction of sp³-hybridized carbons (Fsp3) is 0.208. The largest absolute Gasteiger partial charge is 0.493 e. The number of hydrogen-bond donors (Lipinski definition) is 0. The van der Waals surface area contributed by atoms with E-state index in [9.17, 15) is 4.79 Å². The molecule has 6 nitrogen and oxygen atoms in total. The van der Waals surface area contributed by atoms with Gasteiger partial charge in [0.1, 0.15) is 17.2 Å². The molecule has 4 rings (SSSR count). The van der Waals surface area contributed by atoms with E-state index in [1.807, 2.05) is 67.6 Å². The minimum Gasteiger partial charge on any atom is -0.493 e. The summed E-state index contributed by atoms with van der Waals surface area (Å²) >= 11 is 0. The first-order chi connectivity index (χ1) is 14.6. The molecule has 0 saturated heterocycles. The molecular formula is C24H22N2O4. The van der Waals surface area contributed by atoms with Crippen LogP contribution in [0.4, 0.5) is 0 Å². The van der Waals surface area contributed by atoms with Crippen LogP contribution in [0.15, 0.2) is 65.1 Å². The van der Waals surface area contributed by atoms with Crippen molar-refractivity contribution in [3.8, 4) is 17.3 Å². The second-order valence-electron chi connectivity index (χ2n) is 6.91. The molecule has 0 N–H and O–H groups in total. The van der Waals surface area contributed by atoms with E-state index < -0.39 is 0 Å². The molecule has 0 aliphatic heterocycles. The molecule has 0 bridgehead atoms. The molecule has 0 radical (unpaired) electrons. The van der Waals surface area contributed by atoms with Gasteiger partial charge >= 0.3 is 5.97 Å². The number of rotatable bonds is 7. The molecule has 2 aromatic carbocycles. The SMILES string of the molecule is COC(=O)Cc1cccc(OCCc2nc(-c3ccc4ccccc4n3)oc2C)c1. The maximum absolute atomic E-state index is 11.4. The number of benzene rings is 2. The lowest BCUT2D eigenvalue weighted by Gasteiger charge is -2.07. The van der Waals surface area contributed by atoms with Gasteiger partial charge in [0.2, 0.25) is 5.89 Å². The summed E-state index contributed by atoms with van der Waals surface area (Å²) < 4.78 is 16.4. The van der Waals surface area contributed by atoms with E-state index in [1.165, 1.54) is 7.11 Å². The van der Waals surface area contributed by atoms with E-state index in [0.717, 1.165) is 27.9 Å². The smallest absolute Gasteiger partial charge is 0.309 e. The highest BCUT2D eigenvalue weighted by Gasteiger charge is 2.13. The van der Waals surface area contributed by atoms with Crippen LogP contribution < -0.4 is 4.74 Å². The number of carbonyl (C=O) groups is 1. The summed E-state index contributed by atoms with van der Waals surface area (Å²) in [5.74, 6) is 1.69. The number of fused-ring (bicyclic) bond motifs is 1. The van der Waals surface area contributed by atoms with Crippen molar-refractivity contribution in [1.29, 1.82) is 0 Å². The van der Waals surface area contributed by atoms with Gasteiger partial charge in [0, 0.05) is 11.8 Å². The summed E-state index contributed by atoms with van der Waals surface area (Å²) in [7, 11) is 1.38. The summed E-state index contributed by atoms with van der Waals surface area (Å²) in [5.41, 5.74) is 3.30. The molecule has 0 spiro atoms. The molecule has 0 fully saturated rings. The Labute approximate surface area is 174 Å². The monoisotopic (exact) mass is 402 g/mol. The van der Waals surface area contributed by atoms with Gasteiger partial charge in [0.15, 0.2) is 0 Å². The fourth-order valence-electron chi connectivity index (χ4n) is 3.20. The summed E-state index contributed by atoms with van der Waals surface area (Å²) in [6, 6.07) is 19.3. The molecule has 0 amide bonds. The van der Waals surface area contributed by atoms with Crippen LogP contribution in [0.1, 0.15) is 17.0 Å². The first-order valence-corrected chi connectivity index (χ1v) is 9.73. The molecular weight excluding hydrogens is 380 g/mol. The maximum Gasteiger partial charge on any atom is 0.309 e. The van der Waals surface area contributed by atoms with E-state index in [1.54, 1.807) is 0 Å². The number of aryl methyl sites for hydroxylation is 1. The summed E-state index contributed by atoms with van der Waals surface area (Å²) in [4.78, 5) is 20.7. The number of carbonyl (C=O) groups excluding carboxylic acids is 1. The second kappa shape index (κ2) is 8.78. The average molecular weight is 402 g/mol. The Bertz CT molecular complexity index is 1180. The number of methoxy groups -OCH3 is 1. The Kier molecular flexibility index (Phi) is 5.75. The number of oxazole rings is 1. The number of hydrogen-bond acceptors (Lipinski definition) is 6. The number of aromatic nitrogens is 2. The van der Waals surface area contributed by atoms with Crippen molar-refractivity contribution < 1.29 is 18.7 Å². The quantitative estimate of drug-likeness (QED) is 0.423. The van der Waals surface area contributed by atoms with E-state index in [2.05, 4.69) is 9.97 Å². The van der Waals surface area contributed by atoms with Crippen LogP contribution in [-0.4, -0.2) is 29.7 Å². The van der Waals surface area contributed by atoms with Crippen molar-refractivity contribution in [3.63, 3.8) is 0 Å². The zero-order valence-corrected chi connectivity index (χ0v) is 16.9. The molecule has 30 heavy (non-hydrogen) atoms. The van der Waals surface area contributed by atoms with Crippen molar-refractivity contribution in [2.45, 2.75) is 19.8 Å². The lowest BCUT2D eigenvalue weighted by Crippen LogP contribution is -2.06. The Morgan fingerprint density at radius 1 is 1.03 bits per heavy atom. The molecule has 0 atom stereocenters. The summed E-state index contributed by atoms with van der Waals surface area (Å²) in [6.45, 7) is 2.34. The Balaban J connectivity index is 1.42. The van der Waals surface area contributed by atoms with E-state index >= 15 is 0 Å². The molecule has 2 aromatic heterocycles. The highest BCUT2D eigenvalue weighted by atomic mass is 16.5. The van der Waals surface area contributed by atoms with E-state index in [-0.39, 0.29) is 12.4 Å². The van der Waals surface area contributed by atoms with Gasteiger partial charge in [0.05, 0.1) is 31.3 Å². The maximum atomic E-state index is 11.4. The van der Waals surface area contributed by atoms with E-state index in [4.69, 9.17) is 13.9 Å². The van der Waals surface area contributed by atoms with Crippen molar-refractivity contribution in [3.05, 3.63) is 77.7 Å². The Hall–Kier alpha value is -3.67. The highest BCUT2D eigenvalue weighted by Crippen LogP contribution is 2.23. The minimum absolute atomic E-state index is 0.220. The molecule has 0 unspecified atom stereocenters. The van der Waals surface area contributed by atoms with Gasteiger partial charge in [-0.25, -0.2) is 9.97 Å². The predicted molar refractivity (Wildman–Crippen MR) is 113 cm³/mol. The Morgan fingerprint density at radius 3 is 2.77 bits per heavy atom. The van der Waals surface area contributed by atoms with Crippen LogP contribution >= 0.6 is 0 Å². The van der Waals surface area contributed by atoms with Crippen molar-refractivity contribution in [1.82, 2.24) is 9.97 Å². The first-order valence-electron chi connectivity index (χ1n) is 9.73. The van der Waals surface area contributed by atoms with Crippen molar-refractivity contribution in [2.75, 3.05) is 13.7 Å². The fourth-order valence-corrected chi connectivity index (χ4v) is 3.20. The molecule has 0 aliphatic rings. The summed E-state index contributed by atoms with van der Waals surface area (Å²) in [6.07, 6.45) is 0.822. The second-order valence-corrected chi connectivity index (χ2v) is 6.91. The summed E-state index contributed by atoms with van der Waals surface area (Å²) in [5, 5.41) is 1.08. The van der Waals surface area contributed by atoms with Crippen LogP contribution in [0, 0.1) is 6.92 Å². The molecule has 2 heterocycles. The average Bonchev–Trinajstić information content (AvgIpc) is 3.14. The lowest BCUT2D eigenvalue weighted by atomic mass is 10.1. The number of para-hydroxylation sites is 1. The Morgan fingerprint density at radius 2 is 1.90 bits per heavy atom. The normalized spacial score (nSPS) is 10.9. The molecule has 152 valence electrons. The number of nitrogens with zero attached hydrogens (tertiary/aromatic N) is 2. The van der Waals surface area contributed by atoms with Crippen LogP contribution in [-0.2, 0) is 22.4 Å². The van der Waals surface area contributed by atoms with Gasteiger partial charge in [-0.2, -0.15) is 0 Å². The van der Waals surface area contributed by atoms with Gasteiger partial charge < -0.3 is 13.9 Å². The third-order valence-corrected chi connectivity index (χ3v) is 4.79. The van der Waals surface area contributed by atoms with Crippen LogP contribution in [0.25, 0.3) is 22.5 Å². The molecule has 0 saturated carbocycles. The number of pyridine rings is 1. The van der Waals surface area contributed by atoms with Crippen molar-refractivity contribution >= 4 is 16.9 Å². The first kappa shape index (κ1) is 19.6. The minimum atomic E-state index is -0.278. The zero-order valence-electron chi connectivity index (χ0n) is 16.9. The standard InChI is InChI=1S/C24H22N2O4/c1-16-20(12-13-29-19-8-5-6-17(14-19)15-23(27)28-2)26-24(30-16)22-11-10-18-7-3-4-9-21(18)25-22/h3-11,14H,12-13,15H2,1-2H3. The lowest BCUT2D eigenvalue weighted by molar-refractivity contribution is -0.139. The van der Waals surface area contributed by atoms with Crippen LogP contribution in [0.3, 0.4) is 0 Å². The van der Waals surface area contributed by atoms with Crippen LogP contribution in [0.2, 0.25) is 0 Å². The molecule has 6 heteroatoms. The number of ether oxygens (including phenoxy) is 2. The third kappa shape index (κ3) is 4.49. The molecule has 4 aromatic rings. The van der Waals surface area contributed by atoms with Gasteiger partial charge in [-0.15, -0.1) is 0 Å². The third-order valence-electron chi connectivity index (χ3n) is 4.79. The van der Waals surface area contributed by atoms with Gasteiger partial charge in [0.25, 0.3) is 0 Å². The van der Waals surface area contributed by atoms with Gasteiger partial charge in [-0.05, 0) is 36.8 Å². The van der Waals surface area contributed by atoms with Gasteiger partial charge in [-0.1, -0.05) is 36.4 Å². The van der Waals surface area contributed by atoms with Crippen molar-refractivity contribution in [2.24, 2.45) is 0 Å². The van der Waals surface area contributed by atoms with E-state index in [0.29, 0.717) is 30.4 Å². The molecule has 0 aliphatic carbocycles. The van der Waals surface area contributed by atoms with Crippen LogP contribution in [0.5, 0.6) is 5.75 Å². The predicted octanol–water partition coefficient (Wildman–Crippen LogP) is 4.54. The topological polar surface area (TPSA) is 74.5 Å².